The molecule has 1 fully saturated rings. The highest BCUT2D eigenvalue weighted by molar-refractivity contribution is 7.85. The van der Waals surface area contributed by atoms with Gasteiger partial charge in [-0.15, -0.1) is 0 Å². The molecule has 5 N–H and O–H groups in total. The number of benzene rings is 2. The highest BCUT2D eigenvalue weighted by Gasteiger charge is 2.45. The molecule has 4 aromatic rings. The van der Waals surface area contributed by atoms with Crippen molar-refractivity contribution in [3.8, 4) is 5.75 Å². The van der Waals surface area contributed by atoms with Crippen molar-refractivity contribution in [3.63, 3.8) is 0 Å². The van der Waals surface area contributed by atoms with Crippen molar-refractivity contribution in [2.45, 2.75) is 31.1 Å². The van der Waals surface area contributed by atoms with E-state index in [-0.39, 0.29) is 5.56 Å². The SMILES string of the molecule is O=C(NS(=O)(=O)OC[C@H]1O[C@@H](n2cnc3c(NCc4ccccc4)ncnc32)[C@H](O)[C@@H]1O)c1ccccc1O. The molecule has 0 bridgehead atoms. The van der Waals surface area contributed by atoms with Gasteiger partial charge in [-0.2, -0.15) is 8.42 Å². The smallest absolute Gasteiger partial charge is 0.362 e. The predicted molar refractivity (Wildman–Crippen MR) is 135 cm³/mol. The number of aliphatic hydroxyl groups is 2. The van der Waals surface area contributed by atoms with Gasteiger partial charge in [0, 0.05) is 6.54 Å². The number of aromatic hydroxyl groups is 1. The van der Waals surface area contributed by atoms with E-state index in [9.17, 15) is 28.5 Å². The van der Waals surface area contributed by atoms with Crippen LogP contribution in [-0.4, -0.2) is 74.1 Å². The highest BCUT2D eigenvalue weighted by Crippen LogP contribution is 2.32. The molecule has 1 saturated heterocycles. The zero-order valence-corrected chi connectivity index (χ0v) is 21.0. The molecular formula is C24H24N6O8S. The van der Waals surface area contributed by atoms with Crippen molar-refractivity contribution in [1.82, 2.24) is 24.2 Å². The average molecular weight is 557 g/mol. The average Bonchev–Trinajstić information content (AvgIpc) is 3.48. The maximum atomic E-state index is 12.3. The van der Waals surface area contributed by atoms with Crippen LogP contribution in [0, 0.1) is 0 Å². The van der Waals surface area contributed by atoms with Crippen molar-refractivity contribution in [2.75, 3.05) is 11.9 Å². The van der Waals surface area contributed by atoms with Gasteiger partial charge in [-0.3, -0.25) is 13.5 Å². The molecule has 0 unspecified atom stereocenters. The van der Waals surface area contributed by atoms with Crippen LogP contribution in [0.25, 0.3) is 11.2 Å². The maximum Gasteiger partial charge on any atom is 0.362 e. The first-order chi connectivity index (χ1) is 18.7. The van der Waals surface area contributed by atoms with Gasteiger partial charge in [0.1, 0.15) is 30.4 Å². The summed E-state index contributed by atoms with van der Waals surface area (Å²) in [6, 6.07) is 15.0. The van der Waals surface area contributed by atoms with Gasteiger partial charge in [-0.1, -0.05) is 42.5 Å². The Morgan fingerprint density at radius 2 is 1.77 bits per heavy atom. The van der Waals surface area contributed by atoms with Crippen LogP contribution in [0.15, 0.2) is 67.3 Å². The van der Waals surface area contributed by atoms with E-state index in [0.717, 1.165) is 5.56 Å². The summed E-state index contributed by atoms with van der Waals surface area (Å²) in [5.41, 5.74) is 1.45. The topological polar surface area (TPSA) is 198 Å². The zero-order chi connectivity index (χ0) is 27.6. The number of amides is 1. The van der Waals surface area contributed by atoms with Gasteiger partial charge in [-0.25, -0.2) is 19.7 Å². The lowest BCUT2D eigenvalue weighted by Crippen LogP contribution is -2.37. The molecule has 4 atom stereocenters. The van der Waals surface area contributed by atoms with Gasteiger partial charge in [0.2, 0.25) is 0 Å². The maximum absolute atomic E-state index is 12.3. The number of imidazole rings is 1. The fourth-order valence-electron chi connectivity index (χ4n) is 4.07. The molecule has 0 aliphatic carbocycles. The predicted octanol–water partition coefficient (Wildman–Crippen LogP) is 0.455. The van der Waals surface area contributed by atoms with Gasteiger partial charge < -0.3 is 25.4 Å². The second kappa shape index (κ2) is 10.9. The summed E-state index contributed by atoms with van der Waals surface area (Å²) in [4.78, 5) is 25.0. The summed E-state index contributed by atoms with van der Waals surface area (Å²) in [7, 11) is -4.65. The number of fused-ring (bicyclic) bond motifs is 1. The summed E-state index contributed by atoms with van der Waals surface area (Å²) >= 11 is 0. The molecule has 14 nitrogen and oxygen atoms in total. The molecule has 5 rings (SSSR count). The Morgan fingerprint density at radius 1 is 1.03 bits per heavy atom. The molecule has 0 saturated carbocycles. The van der Waals surface area contributed by atoms with Crippen molar-refractivity contribution in [1.29, 1.82) is 0 Å². The van der Waals surface area contributed by atoms with Gasteiger partial charge >= 0.3 is 10.3 Å². The van der Waals surface area contributed by atoms with E-state index in [1.54, 1.807) is 4.72 Å². The van der Waals surface area contributed by atoms with Gasteiger partial charge in [-0.05, 0) is 17.7 Å². The van der Waals surface area contributed by atoms with Crippen molar-refractivity contribution in [2.24, 2.45) is 0 Å². The molecule has 39 heavy (non-hydrogen) atoms. The number of anilines is 1. The number of para-hydroxylation sites is 1. The Kier molecular flexibility index (Phi) is 7.40. The van der Waals surface area contributed by atoms with Crippen LogP contribution in [-0.2, 0) is 25.8 Å². The number of nitrogens with zero attached hydrogens (tertiary/aromatic N) is 4. The first-order valence-corrected chi connectivity index (χ1v) is 13.1. The minimum atomic E-state index is -4.65. The molecule has 204 valence electrons. The quantitative estimate of drug-likeness (QED) is 0.191. The number of aromatic nitrogens is 4. The molecule has 0 spiro atoms. The van der Waals surface area contributed by atoms with Gasteiger partial charge in [0.15, 0.2) is 23.2 Å². The fraction of sp³-hybridized carbons (Fsp3) is 0.250. The largest absolute Gasteiger partial charge is 0.507 e. The lowest BCUT2D eigenvalue weighted by molar-refractivity contribution is -0.0468. The van der Waals surface area contributed by atoms with Crippen LogP contribution < -0.4 is 10.0 Å². The number of ether oxygens (including phenoxy) is 1. The summed E-state index contributed by atoms with van der Waals surface area (Å²) in [6.45, 7) is -0.237. The number of hydrogen-bond donors (Lipinski definition) is 5. The number of hydrogen-bond acceptors (Lipinski definition) is 12. The van der Waals surface area contributed by atoms with E-state index < -0.39 is 53.1 Å². The molecule has 1 aliphatic heterocycles. The number of carbonyl (C=O) groups excluding carboxylic acids is 1. The van der Waals surface area contributed by atoms with Gasteiger partial charge in [0.25, 0.3) is 5.91 Å². The Hall–Kier alpha value is -4.15. The first kappa shape index (κ1) is 26.5. The van der Waals surface area contributed by atoms with Crippen molar-refractivity contribution < 1.29 is 37.5 Å². The second-order valence-corrected chi connectivity index (χ2v) is 9.97. The van der Waals surface area contributed by atoms with Crippen LogP contribution in [0.1, 0.15) is 22.1 Å². The number of phenols is 1. The number of aliphatic hydroxyl groups excluding tert-OH is 2. The van der Waals surface area contributed by atoms with Crippen LogP contribution in [0.4, 0.5) is 5.82 Å². The molecule has 1 aliphatic rings. The summed E-state index contributed by atoms with van der Waals surface area (Å²) in [5, 5.41) is 34.1. The van der Waals surface area contributed by atoms with E-state index >= 15 is 0 Å². The lowest BCUT2D eigenvalue weighted by atomic mass is 10.1. The fourth-order valence-corrected chi connectivity index (χ4v) is 4.78. The van der Waals surface area contributed by atoms with Crippen molar-refractivity contribution >= 4 is 33.2 Å². The minimum Gasteiger partial charge on any atom is -0.507 e. The molecule has 3 heterocycles. The molecule has 15 heteroatoms. The minimum absolute atomic E-state index is 0.274. The monoisotopic (exact) mass is 556 g/mol. The van der Waals surface area contributed by atoms with E-state index in [2.05, 4.69) is 20.3 Å². The third kappa shape index (κ3) is 5.67. The Morgan fingerprint density at radius 3 is 2.54 bits per heavy atom. The van der Waals surface area contributed by atoms with E-state index in [4.69, 9.17) is 8.92 Å². The van der Waals surface area contributed by atoms with Gasteiger partial charge in [0.05, 0.1) is 18.5 Å². The molecular weight excluding hydrogens is 532 g/mol. The lowest BCUT2D eigenvalue weighted by Gasteiger charge is -2.16. The molecule has 2 aromatic carbocycles. The second-order valence-electron chi connectivity index (χ2n) is 8.62. The Labute approximate surface area is 222 Å². The number of rotatable bonds is 9. The summed E-state index contributed by atoms with van der Waals surface area (Å²) < 4.78 is 38.2. The van der Waals surface area contributed by atoms with Crippen molar-refractivity contribution in [3.05, 3.63) is 78.4 Å². The highest BCUT2D eigenvalue weighted by atomic mass is 32.2. The third-order valence-electron chi connectivity index (χ3n) is 6.03. The van der Waals surface area contributed by atoms with E-state index in [1.165, 1.54) is 41.5 Å². The van der Waals surface area contributed by atoms with Crippen LogP contribution >= 0.6 is 0 Å². The Balaban J connectivity index is 1.26. The Bertz CT molecular complexity index is 1580. The molecule has 2 aromatic heterocycles. The number of carbonyl (C=O) groups is 1. The van der Waals surface area contributed by atoms with E-state index in [0.29, 0.717) is 23.5 Å². The first-order valence-electron chi connectivity index (χ1n) is 11.7. The number of nitrogens with one attached hydrogen (secondary N) is 2. The van der Waals surface area contributed by atoms with Crippen LogP contribution in [0.5, 0.6) is 5.75 Å². The third-order valence-corrected chi connectivity index (χ3v) is 6.91. The normalized spacial score (nSPS) is 21.2. The van der Waals surface area contributed by atoms with E-state index in [1.807, 2.05) is 30.3 Å². The summed E-state index contributed by atoms with van der Waals surface area (Å²) in [6.07, 6.45) is -2.79. The molecule has 0 radical (unpaired) electrons. The summed E-state index contributed by atoms with van der Waals surface area (Å²) in [5.74, 6) is -1.08. The zero-order valence-electron chi connectivity index (χ0n) is 20.2. The number of phenolic OH excluding ortho intramolecular Hbond substituents is 1. The molecule has 1 amide bonds. The van der Waals surface area contributed by atoms with Crippen LogP contribution in [0.3, 0.4) is 0 Å². The standard InChI is InChI=1S/C24H24N6O8S/c31-16-9-5-4-8-15(16)23(34)29-39(35,36)37-11-17-19(32)20(33)24(38-17)30-13-28-18-21(26-12-27-22(18)30)25-10-14-6-2-1-3-7-14/h1-9,12-13,17,19-20,24,31-33H,10-11H2,(H,29,34)(H,25,26,27)/t17-,19-,20-,24-/m1/s1. The van der Waals surface area contributed by atoms with Crippen LogP contribution in [0.2, 0.25) is 0 Å².